The van der Waals surface area contributed by atoms with Gasteiger partial charge < -0.3 is 11.5 Å². The zero-order valence-corrected chi connectivity index (χ0v) is 9.37. The van der Waals surface area contributed by atoms with Gasteiger partial charge in [0.25, 0.3) is 0 Å². The van der Waals surface area contributed by atoms with E-state index in [0.717, 1.165) is 11.3 Å². The molecule has 4 nitrogen and oxygen atoms in total. The lowest BCUT2D eigenvalue weighted by Crippen LogP contribution is -2.21. The highest BCUT2D eigenvalue weighted by Crippen LogP contribution is 2.16. The number of hydrogen-bond acceptors (Lipinski definition) is 3. The molecule has 0 aromatic heterocycles. The Hall–Kier alpha value is -1.49. The monoisotopic (exact) mass is 222 g/mol. The summed E-state index contributed by atoms with van der Waals surface area (Å²) in [6, 6.07) is 8.05. The molecule has 0 unspecified atom stereocenters. The molecule has 0 bridgehead atoms. The van der Waals surface area contributed by atoms with Crippen LogP contribution in [0.5, 0.6) is 0 Å². The molecule has 5 heteroatoms. The molecule has 0 fully saturated rings. The molecule has 4 N–H and O–H groups in total. The fourth-order valence-corrected chi connectivity index (χ4v) is 1.64. The van der Waals surface area contributed by atoms with Crippen molar-refractivity contribution in [3.05, 3.63) is 29.8 Å². The van der Waals surface area contributed by atoms with Crippen molar-refractivity contribution in [2.75, 3.05) is 5.75 Å². The lowest BCUT2D eigenvalue weighted by molar-refractivity contribution is 1.21. The maximum absolute atomic E-state index is 5.13. The number of guanidine groups is 1. The van der Waals surface area contributed by atoms with Crippen LogP contribution in [0.25, 0.3) is 0 Å². The molecule has 0 saturated carbocycles. The molecule has 0 radical (unpaired) electrons. The minimum absolute atomic E-state index is 0.0376. The van der Waals surface area contributed by atoms with Crippen LogP contribution in [0.2, 0.25) is 0 Å². The van der Waals surface area contributed by atoms with Gasteiger partial charge in [0.1, 0.15) is 0 Å². The first-order chi connectivity index (χ1) is 7.22. The van der Waals surface area contributed by atoms with E-state index < -0.39 is 0 Å². The largest absolute Gasteiger partial charge is 0.369 e. The predicted octanol–water partition coefficient (Wildman–Crippen LogP) is 1.41. The van der Waals surface area contributed by atoms with E-state index in [4.69, 9.17) is 11.5 Å². The van der Waals surface area contributed by atoms with Gasteiger partial charge >= 0.3 is 0 Å². The van der Waals surface area contributed by atoms with E-state index >= 15 is 0 Å². The van der Waals surface area contributed by atoms with Crippen molar-refractivity contribution in [2.45, 2.75) is 11.8 Å². The topological polar surface area (TPSA) is 76.8 Å². The Bertz CT molecular complexity index is 352. The third kappa shape index (κ3) is 4.51. The molecule has 1 aromatic rings. The lowest BCUT2D eigenvalue weighted by atomic mass is 10.2. The summed E-state index contributed by atoms with van der Waals surface area (Å²) in [4.78, 5) is 1.25. The highest BCUT2D eigenvalue weighted by Gasteiger charge is 1.91. The minimum atomic E-state index is -0.0376. The van der Waals surface area contributed by atoms with E-state index in [9.17, 15) is 0 Å². The number of nitrogens with two attached hydrogens (primary N) is 2. The van der Waals surface area contributed by atoms with Gasteiger partial charge in [-0.15, -0.1) is 16.9 Å². The third-order valence-electron chi connectivity index (χ3n) is 1.57. The van der Waals surface area contributed by atoms with Gasteiger partial charge in [-0.05, 0) is 23.4 Å². The first-order valence-corrected chi connectivity index (χ1v) is 5.55. The fourth-order valence-electron chi connectivity index (χ4n) is 0.979. The SMILES string of the molecule is CCSc1ccc(C=NN=C(N)N)cc1. The zero-order chi connectivity index (χ0) is 11.1. The Labute approximate surface area is 93.5 Å². The highest BCUT2D eigenvalue weighted by molar-refractivity contribution is 7.99. The molecule has 1 rings (SSSR count). The second-order valence-electron chi connectivity index (χ2n) is 2.77. The molecule has 15 heavy (non-hydrogen) atoms. The summed E-state index contributed by atoms with van der Waals surface area (Å²) in [5, 5.41) is 7.24. The summed E-state index contributed by atoms with van der Waals surface area (Å²) in [6.07, 6.45) is 1.61. The number of rotatable bonds is 4. The molecule has 0 aliphatic carbocycles. The summed E-state index contributed by atoms with van der Waals surface area (Å²) in [5.74, 6) is 1.03. The number of thioether (sulfide) groups is 1. The Balaban J connectivity index is 2.64. The van der Waals surface area contributed by atoms with Crippen LogP contribution in [0, 0.1) is 0 Å². The number of nitrogens with zero attached hydrogens (tertiary/aromatic N) is 2. The van der Waals surface area contributed by atoms with Gasteiger partial charge in [0, 0.05) is 4.90 Å². The van der Waals surface area contributed by atoms with Crippen LogP contribution in [0.4, 0.5) is 0 Å². The Morgan fingerprint density at radius 1 is 1.33 bits per heavy atom. The maximum atomic E-state index is 5.13. The van der Waals surface area contributed by atoms with Crippen LogP contribution in [0.3, 0.4) is 0 Å². The maximum Gasteiger partial charge on any atom is 0.211 e. The van der Waals surface area contributed by atoms with Gasteiger partial charge in [-0.1, -0.05) is 19.1 Å². The summed E-state index contributed by atoms with van der Waals surface area (Å²) >= 11 is 1.80. The molecule has 0 heterocycles. The molecule has 0 aliphatic rings. The van der Waals surface area contributed by atoms with Crippen molar-refractivity contribution in [1.29, 1.82) is 0 Å². The van der Waals surface area contributed by atoms with E-state index in [1.54, 1.807) is 18.0 Å². The molecule has 0 amide bonds. The van der Waals surface area contributed by atoms with Crippen molar-refractivity contribution in [2.24, 2.45) is 21.7 Å². The first-order valence-electron chi connectivity index (χ1n) is 4.57. The predicted molar refractivity (Wildman–Crippen MR) is 66.2 cm³/mol. The molecule has 0 atom stereocenters. The molecule has 0 aliphatic heterocycles. The lowest BCUT2D eigenvalue weighted by Gasteiger charge is -1.97. The second-order valence-corrected chi connectivity index (χ2v) is 4.11. The van der Waals surface area contributed by atoms with Crippen LogP contribution in [-0.2, 0) is 0 Å². The average Bonchev–Trinajstić information content (AvgIpc) is 2.20. The molecule has 1 aromatic carbocycles. The molecule has 80 valence electrons. The third-order valence-corrected chi connectivity index (χ3v) is 2.47. The smallest absolute Gasteiger partial charge is 0.211 e. The Morgan fingerprint density at radius 3 is 2.53 bits per heavy atom. The molecule has 0 spiro atoms. The zero-order valence-electron chi connectivity index (χ0n) is 8.55. The average molecular weight is 222 g/mol. The van der Waals surface area contributed by atoms with Crippen LogP contribution in [0.1, 0.15) is 12.5 Å². The van der Waals surface area contributed by atoms with E-state index in [1.165, 1.54) is 4.90 Å². The van der Waals surface area contributed by atoms with E-state index in [2.05, 4.69) is 17.1 Å². The van der Waals surface area contributed by atoms with Gasteiger partial charge in [0.15, 0.2) is 0 Å². The van der Waals surface area contributed by atoms with Gasteiger partial charge in [0.05, 0.1) is 6.21 Å². The first kappa shape index (κ1) is 11.6. The van der Waals surface area contributed by atoms with E-state index in [0.29, 0.717) is 0 Å². The van der Waals surface area contributed by atoms with Gasteiger partial charge in [-0.3, -0.25) is 0 Å². The van der Waals surface area contributed by atoms with Crippen LogP contribution < -0.4 is 11.5 Å². The number of hydrogen-bond donors (Lipinski definition) is 2. The highest BCUT2D eigenvalue weighted by atomic mass is 32.2. The van der Waals surface area contributed by atoms with Crippen LogP contribution in [-0.4, -0.2) is 17.9 Å². The second kappa shape index (κ2) is 6.08. The van der Waals surface area contributed by atoms with Crippen LogP contribution in [0.15, 0.2) is 39.4 Å². The standard InChI is InChI=1S/C10H14N4S/c1-2-15-9-5-3-8(4-6-9)7-13-14-10(11)12/h3-7H,2H2,1H3,(H4,11,12,14). The van der Waals surface area contributed by atoms with Crippen molar-refractivity contribution in [3.63, 3.8) is 0 Å². The van der Waals surface area contributed by atoms with Crippen molar-refractivity contribution in [1.82, 2.24) is 0 Å². The quantitative estimate of drug-likeness (QED) is 0.350. The van der Waals surface area contributed by atoms with Crippen LogP contribution >= 0.6 is 11.8 Å². The molecule has 0 saturated heterocycles. The fraction of sp³-hybridized carbons (Fsp3) is 0.200. The van der Waals surface area contributed by atoms with E-state index in [-0.39, 0.29) is 5.96 Å². The minimum Gasteiger partial charge on any atom is -0.369 e. The summed E-state index contributed by atoms with van der Waals surface area (Å²) in [6.45, 7) is 2.12. The normalized spacial score (nSPS) is 10.5. The molecular weight excluding hydrogens is 208 g/mol. The molecular formula is C10H14N4S. The number of benzene rings is 1. The van der Waals surface area contributed by atoms with Crippen molar-refractivity contribution in [3.8, 4) is 0 Å². The van der Waals surface area contributed by atoms with E-state index in [1.807, 2.05) is 24.3 Å². The van der Waals surface area contributed by atoms with Crippen molar-refractivity contribution >= 4 is 23.9 Å². The Morgan fingerprint density at radius 2 is 2.00 bits per heavy atom. The van der Waals surface area contributed by atoms with Gasteiger partial charge in [-0.25, -0.2) is 0 Å². The Kier molecular flexibility index (Phi) is 4.70. The summed E-state index contributed by atoms with van der Waals surface area (Å²) in [5.41, 5.74) is 11.2. The summed E-state index contributed by atoms with van der Waals surface area (Å²) in [7, 11) is 0. The van der Waals surface area contributed by atoms with Crippen molar-refractivity contribution < 1.29 is 0 Å². The van der Waals surface area contributed by atoms with Gasteiger partial charge in [0.2, 0.25) is 5.96 Å². The van der Waals surface area contributed by atoms with Gasteiger partial charge in [-0.2, -0.15) is 5.10 Å². The summed E-state index contributed by atoms with van der Waals surface area (Å²) < 4.78 is 0.